The molecule has 2 rings (SSSR count). The molecule has 0 fully saturated rings. The van der Waals surface area contributed by atoms with Gasteiger partial charge in [-0.3, -0.25) is 0 Å². The molecule has 8 heteroatoms. The second-order valence-electron chi connectivity index (χ2n) is 4.55. The number of hydrogen-bond donors (Lipinski definition) is 1. The molecule has 0 radical (unpaired) electrons. The molecule has 0 aliphatic heterocycles. The zero-order valence-electron chi connectivity index (χ0n) is 12.8. The van der Waals surface area contributed by atoms with Crippen molar-refractivity contribution in [2.75, 3.05) is 19.0 Å². The molecule has 2 aromatic rings. The van der Waals surface area contributed by atoms with Gasteiger partial charge in [-0.05, 0) is 20.8 Å². The van der Waals surface area contributed by atoms with Crippen LogP contribution in [0.4, 0.5) is 5.82 Å². The van der Waals surface area contributed by atoms with Crippen LogP contribution in [0, 0.1) is 6.92 Å². The number of ether oxygens (including phenoxy) is 2. The third kappa shape index (κ3) is 2.85. The smallest absolute Gasteiger partial charge is 0.342 e. The maximum absolute atomic E-state index is 12.1. The van der Waals surface area contributed by atoms with Crippen molar-refractivity contribution in [3.63, 3.8) is 0 Å². The SMILES string of the molecule is CCOC(=O)c1c(C)oc2ncnc(N[C@@H](C)C(=O)OC)c12. The second-order valence-corrected chi connectivity index (χ2v) is 4.55. The van der Waals surface area contributed by atoms with Gasteiger partial charge in [0.25, 0.3) is 0 Å². The molecule has 0 aliphatic carbocycles. The number of hydrogen-bond acceptors (Lipinski definition) is 8. The van der Waals surface area contributed by atoms with Gasteiger partial charge in [-0.15, -0.1) is 0 Å². The Bertz CT molecular complexity index is 710. The van der Waals surface area contributed by atoms with Crippen molar-refractivity contribution >= 4 is 28.9 Å². The molecule has 0 aromatic carbocycles. The number of anilines is 1. The Morgan fingerprint density at radius 3 is 2.77 bits per heavy atom. The monoisotopic (exact) mass is 307 g/mol. The lowest BCUT2D eigenvalue weighted by Crippen LogP contribution is -2.27. The van der Waals surface area contributed by atoms with Gasteiger partial charge in [0, 0.05) is 0 Å². The van der Waals surface area contributed by atoms with Crippen molar-refractivity contribution in [1.29, 1.82) is 0 Å². The number of carbonyl (C=O) groups excluding carboxylic acids is 2. The van der Waals surface area contributed by atoms with Gasteiger partial charge < -0.3 is 19.2 Å². The lowest BCUT2D eigenvalue weighted by Gasteiger charge is -2.12. The number of esters is 2. The van der Waals surface area contributed by atoms with E-state index in [1.54, 1.807) is 20.8 Å². The fourth-order valence-electron chi connectivity index (χ4n) is 2.04. The minimum absolute atomic E-state index is 0.236. The van der Waals surface area contributed by atoms with Gasteiger partial charge in [-0.25, -0.2) is 19.6 Å². The molecule has 1 atom stereocenters. The Hall–Kier alpha value is -2.64. The minimum Gasteiger partial charge on any atom is -0.467 e. The fraction of sp³-hybridized carbons (Fsp3) is 0.429. The summed E-state index contributed by atoms with van der Waals surface area (Å²) in [5, 5.41) is 3.28. The van der Waals surface area contributed by atoms with Gasteiger partial charge in [0.05, 0.1) is 19.1 Å². The standard InChI is InChI=1S/C14H17N3O5/c1-5-21-14(19)9-8(3)22-12-10(9)11(15-6-16-12)17-7(2)13(18)20-4/h6-7H,5H2,1-4H3,(H,15,16,17)/t7-/m0/s1. The van der Waals surface area contributed by atoms with Crippen molar-refractivity contribution in [3.05, 3.63) is 17.7 Å². The highest BCUT2D eigenvalue weighted by molar-refractivity contribution is 6.08. The van der Waals surface area contributed by atoms with E-state index in [4.69, 9.17) is 9.15 Å². The van der Waals surface area contributed by atoms with Crippen LogP contribution in [0.1, 0.15) is 30.0 Å². The van der Waals surface area contributed by atoms with E-state index in [0.717, 1.165) is 0 Å². The molecular weight excluding hydrogens is 290 g/mol. The fourth-order valence-corrected chi connectivity index (χ4v) is 2.04. The Morgan fingerprint density at radius 1 is 1.41 bits per heavy atom. The van der Waals surface area contributed by atoms with E-state index in [0.29, 0.717) is 17.0 Å². The summed E-state index contributed by atoms with van der Waals surface area (Å²) in [6.07, 6.45) is 1.28. The molecule has 0 bridgehead atoms. The molecule has 0 saturated carbocycles. The molecule has 22 heavy (non-hydrogen) atoms. The largest absolute Gasteiger partial charge is 0.467 e. The predicted octanol–water partition coefficient (Wildman–Crippen LogP) is 1.68. The van der Waals surface area contributed by atoms with E-state index in [1.807, 2.05) is 0 Å². The van der Waals surface area contributed by atoms with Crippen LogP contribution in [-0.4, -0.2) is 41.7 Å². The summed E-state index contributed by atoms with van der Waals surface area (Å²) in [6, 6.07) is -0.645. The predicted molar refractivity (Wildman–Crippen MR) is 77.6 cm³/mol. The van der Waals surface area contributed by atoms with Gasteiger partial charge in [0.15, 0.2) is 0 Å². The maximum atomic E-state index is 12.1. The summed E-state index contributed by atoms with van der Waals surface area (Å²) in [5.41, 5.74) is 0.493. The van der Waals surface area contributed by atoms with Gasteiger partial charge in [0.2, 0.25) is 5.71 Å². The van der Waals surface area contributed by atoms with Gasteiger partial charge >= 0.3 is 11.9 Å². The van der Waals surface area contributed by atoms with Gasteiger partial charge in [0.1, 0.15) is 29.5 Å². The first-order valence-electron chi connectivity index (χ1n) is 6.75. The Morgan fingerprint density at radius 2 is 2.14 bits per heavy atom. The van der Waals surface area contributed by atoms with E-state index in [1.165, 1.54) is 13.4 Å². The lowest BCUT2D eigenvalue weighted by atomic mass is 10.1. The summed E-state index contributed by atoms with van der Waals surface area (Å²) in [6.45, 7) is 5.21. The molecule has 8 nitrogen and oxygen atoms in total. The normalized spacial score (nSPS) is 12.0. The molecule has 118 valence electrons. The van der Waals surface area contributed by atoms with Crippen molar-refractivity contribution in [2.45, 2.75) is 26.8 Å². The van der Waals surface area contributed by atoms with E-state index in [-0.39, 0.29) is 17.9 Å². The van der Waals surface area contributed by atoms with Crippen LogP contribution in [-0.2, 0) is 14.3 Å². The number of nitrogens with one attached hydrogen (secondary N) is 1. The highest BCUT2D eigenvalue weighted by Gasteiger charge is 2.25. The summed E-state index contributed by atoms with van der Waals surface area (Å²) < 4.78 is 15.2. The third-order valence-corrected chi connectivity index (χ3v) is 3.05. The van der Waals surface area contributed by atoms with Crippen molar-refractivity contribution in [1.82, 2.24) is 9.97 Å². The van der Waals surface area contributed by atoms with Crippen LogP contribution in [0.5, 0.6) is 0 Å². The topological polar surface area (TPSA) is 104 Å². The average Bonchev–Trinajstić information content (AvgIpc) is 2.83. The number of aromatic nitrogens is 2. The molecule has 2 aromatic heterocycles. The molecule has 0 saturated heterocycles. The maximum Gasteiger partial charge on any atom is 0.342 e. The second kappa shape index (κ2) is 6.42. The van der Waals surface area contributed by atoms with Crippen LogP contribution in [0.2, 0.25) is 0 Å². The molecule has 0 spiro atoms. The summed E-state index contributed by atoms with van der Waals surface area (Å²) in [5.74, 6) is -0.294. The molecule has 0 amide bonds. The van der Waals surface area contributed by atoms with Crippen LogP contribution >= 0.6 is 0 Å². The zero-order chi connectivity index (χ0) is 16.3. The Balaban J connectivity index is 2.51. The summed E-state index contributed by atoms with van der Waals surface area (Å²) in [4.78, 5) is 31.7. The molecule has 1 N–H and O–H groups in total. The number of carbonyl (C=O) groups is 2. The Labute approximate surface area is 126 Å². The van der Waals surface area contributed by atoms with Gasteiger partial charge in [-0.2, -0.15) is 0 Å². The molecular formula is C14H17N3O5. The molecule has 0 unspecified atom stereocenters. The van der Waals surface area contributed by atoms with Crippen molar-refractivity contribution in [2.24, 2.45) is 0 Å². The van der Waals surface area contributed by atoms with Crippen LogP contribution in [0.3, 0.4) is 0 Å². The van der Waals surface area contributed by atoms with Crippen LogP contribution in [0.25, 0.3) is 11.1 Å². The summed E-state index contributed by atoms with van der Waals surface area (Å²) in [7, 11) is 1.29. The highest BCUT2D eigenvalue weighted by Crippen LogP contribution is 2.30. The number of rotatable bonds is 5. The first-order chi connectivity index (χ1) is 10.5. The minimum atomic E-state index is -0.645. The number of methoxy groups -OCH3 is 1. The Kier molecular flexibility index (Phi) is 4.59. The average molecular weight is 307 g/mol. The lowest BCUT2D eigenvalue weighted by molar-refractivity contribution is -0.141. The third-order valence-electron chi connectivity index (χ3n) is 3.05. The highest BCUT2D eigenvalue weighted by atomic mass is 16.5. The molecule has 0 aliphatic rings. The van der Waals surface area contributed by atoms with Gasteiger partial charge in [-0.1, -0.05) is 0 Å². The van der Waals surface area contributed by atoms with E-state index >= 15 is 0 Å². The van der Waals surface area contributed by atoms with Crippen molar-refractivity contribution in [3.8, 4) is 0 Å². The quantitative estimate of drug-likeness (QED) is 0.832. The number of fused-ring (bicyclic) bond motifs is 1. The molecule has 2 heterocycles. The van der Waals surface area contributed by atoms with Crippen LogP contribution in [0.15, 0.2) is 10.7 Å². The first-order valence-corrected chi connectivity index (χ1v) is 6.75. The van der Waals surface area contributed by atoms with E-state index < -0.39 is 18.0 Å². The number of aryl methyl sites for hydroxylation is 1. The first kappa shape index (κ1) is 15.7. The number of furan rings is 1. The number of nitrogens with zero attached hydrogens (tertiary/aromatic N) is 2. The van der Waals surface area contributed by atoms with E-state index in [9.17, 15) is 9.59 Å². The zero-order valence-corrected chi connectivity index (χ0v) is 12.8. The van der Waals surface area contributed by atoms with E-state index in [2.05, 4.69) is 20.0 Å². The van der Waals surface area contributed by atoms with Crippen molar-refractivity contribution < 1.29 is 23.5 Å². The summed E-state index contributed by atoms with van der Waals surface area (Å²) >= 11 is 0. The van der Waals surface area contributed by atoms with Crippen LogP contribution < -0.4 is 5.32 Å².